The molecular weight excluding hydrogens is 156 g/mol. The highest BCUT2D eigenvalue weighted by Gasteiger charge is 1.90. The standard InChI is InChI=1S/C10H9Cl/c1-2-3-4-9-5-7-10(11)8-6-9/h1,5-8H,3-4H2. The van der Waals surface area contributed by atoms with Crippen molar-refractivity contribution in [3.8, 4) is 12.3 Å². The van der Waals surface area contributed by atoms with Crippen LogP contribution in [-0.2, 0) is 6.42 Å². The molecule has 0 unspecified atom stereocenters. The number of benzene rings is 1. The molecule has 0 aliphatic heterocycles. The van der Waals surface area contributed by atoms with Crippen LogP contribution in [0.2, 0.25) is 5.02 Å². The Morgan fingerprint density at radius 3 is 2.45 bits per heavy atom. The number of hydrogen-bond acceptors (Lipinski definition) is 0. The van der Waals surface area contributed by atoms with Gasteiger partial charge in [-0.15, -0.1) is 12.3 Å². The van der Waals surface area contributed by atoms with E-state index in [9.17, 15) is 0 Å². The van der Waals surface area contributed by atoms with Crippen molar-refractivity contribution in [3.63, 3.8) is 0 Å². The van der Waals surface area contributed by atoms with Crippen LogP contribution in [0.25, 0.3) is 0 Å². The normalized spacial score (nSPS) is 9.09. The predicted octanol–water partition coefficient (Wildman–Crippen LogP) is 2.91. The van der Waals surface area contributed by atoms with Crippen LogP contribution in [0.1, 0.15) is 12.0 Å². The lowest BCUT2D eigenvalue weighted by Gasteiger charge is -1.95. The smallest absolute Gasteiger partial charge is 0.0406 e. The highest BCUT2D eigenvalue weighted by atomic mass is 35.5. The van der Waals surface area contributed by atoms with Crippen molar-refractivity contribution in [2.45, 2.75) is 12.8 Å². The zero-order chi connectivity index (χ0) is 8.10. The fraction of sp³-hybridized carbons (Fsp3) is 0.200. The molecule has 0 aliphatic rings. The Hall–Kier alpha value is -0.930. The summed E-state index contributed by atoms with van der Waals surface area (Å²) in [6, 6.07) is 7.76. The molecule has 0 radical (unpaired) electrons. The second-order valence-electron chi connectivity index (χ2n) is 2.33. The maximum Gasteiger partial charge on any atom is 0.0406 e. The second kappa shape index (κ2) is 4.05. The summed E-state index contributed by atoms with van der Waals surface area (Å²) in [6.45, 7) is 0. The van der Waals surface area contributed by atoms with Gasteiger partial charge in [0.2, 0.25) is 0 Å². The van der Waals surface area contributed by atoms with Gasteiger partial charge in [0.1, 0.15) is 0 Å². The molecule has 56 valence electrons. The van der Waals surface area contributed by atoms with Gasteiger partial charge >= 0.3 is 0 Å². The van der Waals surface area contributed by atoms with Gasteiger partial charge in [-0.2, -0.15) is 0 Å². The summed E-state index contributed by atoms with van der Waals surface area (Å²) in [5.41, 5.74) is 1.24. The van der Waals surface area contributed by atoms with Crippen molar-refractivity contribution in [2.24, 2.45) is 0 Å². The molecular formula is C10H9Cl. The molecule has 0 spiro atoms. The van der Waals surface area contributed by atoms with Gasteiger partial charge in [0.05, 0.1) is 0 Å². The molecule has 0 nitrogen and oxygen atoms in total. The van der Waals surface area contributed by atoms with E-state index >= 15 is 0 Å². The molecule has 0 N–H and O–H groups in total. The van der Waals surface area contributed by atoms with E-state index in [0.717, 1.165) is 17.9 Å². The number of aryl methyl sites for hydroxylation is 1. The number of halogens is 1. The third-order valence-electron chi connectivity index (χ3n) is 1.47. The first-order valence-electron chi connectivity index (χ1n) is 3.51. The Labute approximate surface area is 72.2 Å². The number of rotatable bonds is 2. The van der Waals surface area contributed by atoms with Crippen molar-refractivity contribution in [2.75, 3.05) is 0 Å². The van der Waals surface area contributed by atoms with Crippen LogP contribution in [0.3, 0.4) is 0 Å². The van der Waals surface area contributed by atoms with Gasteiger partial charge in [0, 0.05) is 11.4 Å². The van der Waals surface area contributed by atoms with Crippen molar-refractivity contribution < 1.29 is 0 Å². The third-order valence-corrected chi connectivity index (χ3v) is 1.72. The molecule has 0 aromatic heterocycles. The van der Waals surface area contributed by atoms with Gasteiger partial charge in [-0.3, -0.25) is 0 Å². The molecule has 0 saturated carbocycles. The quantitative estimate of drug-likeness (QED) is 0.590. The summed E-state index contributed by atoms with van der Waals surface area (Å²) in [5, 5.41) is 0.773. The summed E-state index contributed by atoms with van der Waals surface area (Å²) in [5.74, 6) is 2.60. The second-order valence-corrected chi connectivity index (χ2v) is 2.77. The van der Waals surface area contributed by atoms with E-state index in [1.165, 1.54) is 5.56 Å². The lowest BCUT2D eigenvalue weighted by atomic mass is 10.1. The molecule has 0 saturated heterocycles. The van der Waals surface area contributed by atoms with E-state index in [2.05, 4.69) is 5.92 Å². The van der Waals surface area contributed by atoms with Crippen molar-refractivity contribution in [1.29, 1.82) is 0 Å². The SMILES string of the molecule is C#CCCc1ccc(Cl)cc1. The highest BCUT2D eigenvalue weighted by Crippen LogP contribution is 2.10. The first-order chi connectivity index (χ1) is 5.33. The number of terminal acetylenes is 1. The molecule has 1 aromatic rings. The van der Waals surface area contributed by atoms with Crippen molar-refractivity contribution >= 4 is 11.6 Å². The first kappa shape index (κ1) is 8.17. The maximum absolute atomic E-state index is 5.71. The Morgan fingerprint density at radius 2 is 1.91 bits per heavy atom. The zero-order valence-electron chi connectivity index (χ0n) is 6.18. The van der Waals surface area contributed by atoms with Crippen LogP contribution in [-0.4, -0.2) is 0 Å². The van der Waals surface area contributed by atoms with E-state index in [-0.39, 0.29) is 0 Å². The first-order valence-corrected chi connectivity index (χ1v) is 3.88. The third kappa shape index (κ3) is 2.65. The molecule has 0 atom stereocenters. The van der Waals surface area contributed by atoms with E-state index < -0.39 is 0 Å². The van der Waals surface area contributed by atoms with E-state index in [1.807, 2.05) is 24.3 Å². The molecule has 1 aromatic carbocycles. The average molecular weight is 165 g/mol. The van der Waals surface area contributed by atoms with E-state index in [0.29, 0.717) is 0 Å². The van der Waals surface area contributed by atoms with Crippen LogP contribution in [0, 0.1) is 12.3 Å². The summed E-state index contributed by atoms with van der Waals surface area (Å²) >= 11 is 5.71. The molecule has 0 bridgehead atoms. The molecule has 0 fully saturated rings. The van der Waals surface area contributed by atoms with Crippen molar-refractivity contribution in [1.82, 2.24) is 0 Å². The topological polar surface area (TPSA) is 0 Å². The van der Waals surface area contributed by atoms with E-state index in [4.69, 9.17) is 18.0 Å². The summed E-state index contributed by atoms with van der Waals surface area (Å²) < 4.78 is 0. The van der Waals surface area contributed by atoms with Gasteiger partial charge in [-0.05, 0) is 24.1 Å². The van der Waals surface area contributed by atoms with Gasteiger partial charge in [-0.1, -0.05) is 23.7 Å². The van der Waals surface area contributed by atoms with Crippen LogP contribution < -0.4 is 0 Å². The zero-order valence-corrected chi connectivity index (χ0v) is 6.93. The fourth-order valence-corrected chi connectivity index (χ4v) is 0.994. The molecule has 0 amide bonds. The predicted molar refractivity (Wildman–Crippen MR) is 48.6 cm³/mol. The minimum absolute atomic E-state index is 0.773. The monoisotopic (exact) mass is 164 g/mol. The largest absolute Gasteiger partial charge is 0.120 e. The van der Waals surface area contributed by atoms with Crippen LogP contribution in [0.15, 0.2) is 24.3 Å². The van der Waals surface area contributed by atoms with Crippen LogP contribution >= 0.6 is 11.6 Å². The molecule has 0 heterocycles. The fourth-order valence-electron chi connectivity index (χ4n) is 0.868. The van der Waals surface area contributed by atoms with Gasteiger partial charge < -0.3 is 0 Å². The molecule has 1 rings (SSSR count). The Bertz CT molecular complexity index is 253. The van der Waals surface area contributed by atoms with Crippen molar-refractivity contribution in [3.05, 3.63) is 34.9 Å². The summed E-state index contributed by atoms with van der Waals surface area (Å²) in [4.78, 5) is 0. The van der Waals surface area contributed by atoms with E-state index in [1.54, 1.807) is 0 Å². The minimum Gasteiger partial charge on any atom is -0.120 e. The molecule has 1 heteroatoms. The van der Waals surface area contributed by atoms with Gasteiger partial charge in [0.25, 0.3) is 0 Å². The Kier molecular flexibility index (Phi) is 3.01. The average Bonchev–Trinajstić information content (AvgIpc) is 2.04. The lowest BCUT2D eigenvalue weighted by Crippen LogP contribution is -1.81. The van der Waals surface area contributed by atoms with Crippen LogP contribution in [0.5, 0.6) is 0 Å². The lowest BCUT2D eigenvalue weighted by molar-refractivity contribution is 1.03. The minimum atomic E-state index is 0.773. The summed E-state index contributed by atoms with van der Waals surface area (Å²) in [6.07, 6.45) is 6.86. The highest BCUT2D eigenvalue weighted by molar-refractivity contribution is 6.30. The van der Waals surface area contributed by atoms with Gasteiger partial charge in [-0.25, -0.2) is 0 Å². The Balaban J connectivity index is 2.60. The maximum atomic E-state index is 5.71. The molecule has 11 heavy (non-hydrogen) atoms. The summed E-state index contributed by atoms with van der Waals surface area (Å²) in [7, 11) is 0. The van der Waals surface area contributed by atoms with Gasteiger partial charge in [0.15, 0.2) is 0 Å². The molecule has 0 aliphatic carbocycles. The number of hydrogen-bond donors (Lipinski definition) is 0. The Morgan fingerprint density at radius 1 is 1.27 bits per heavy atom. The van der Waals surface area contributed by atoms with Crippen LogP contribution in [0.4, 0.5) is 0 Å².